The molecule has 0 aliphatic heterocycles. The molecule has 1 aromatic carbocycles. The van der Waals surface area contributed by atoms with Gasteiger partial charge in [0.15, 0.2) is 0 Å². The number of amides is 1. The number of hydrogen-bond acceptors (Lipinski definition) is 3. The number of ether oxygens (including phenoxy) is 1. The molecule has 21 heavy (non-hydrogen) atoms. The van der Waals surface area contributed by atoms with E-state index in [0.717, 1.165) is 11.1 Å². The molecule has 2 rings (SSSR count). The lowest BCUT2D eigenvalue weighted by Gasteiger charge is -2.14. The van der Waals surface area contributed by atoms with Gasteiger partial charge >= 0.3 is 6.09 Å². The van der Waals surface area contributed by atoms with E-state index in [2.05, 4.69) is 10.4 Å². The van der Waals surface area contributed by atoms with E-state index in [1.54, 1.807) is 17.9 Å². The molecule has 0 bridgehead atoms. The van der Waals surface area contributed by atoms with Crippen molar-refractivity contribution in [2.45, 2.75) is 33.8 Å². The number of nitrogens with zero attached hydrogens (tertiary/aromatic N) is 2. The van der Waals surface area contributed by atoms with Crippen LogP contribution < -0.4 is 5.32 Å². The number of hydrogen-bond donors (Lipinski definition) is 1. The molecule has 0 aliphatic carbocycles. The van der Waals surface area contributed by atoms with Gasteiger partial charge in [-0.05, 0) is 19.4 Å². The Morgan fingerprint density at radius 2 is 1.95 bits per heavy atom. The van der Waals surface area contributed by atoms with Gasteiger partial charge in [0.2, 0.25) is 0 Å². The highest BCUT2D eigenvalue weighted by atomic mass is 16.6. The van der Waals surface area contributed by atoms with Crippen LogP contribution in [-0.2, 0) is 11.8 Å². The standard InChI is InChI=1S/C14H17N3O2.C2H6.H2/c1-10-9-15-17(3)13(10)16-14(18)19-11(2)12-7-5-4-6-8-12;1-2;/h4-9,11H,1-3H3,(H,16,18);1-2H3;1H/t11-;;/m1../s1. The van der Waals surface area contributed by atoms with Crippen LogP contribution in [0.5, 0.6) is 0 Å². The molecule has 0 saturated carbocycles. The van der Waals surface area contributed by atoms with Gasteiger partial charge in [-0.1, -0.05) is 44.2 Å². The minimum Gasteiger partial charge on any atom is -0.441 e. The van der Waals surface area contributed by atoms with Crippen molar-refractivity contribution in [3.63, 3.8) is 0 Å². The van der Waals surface area contributed by atoms with Gasteiger partial charge in [0, 0.05) is 14.0 Å². The minimum absolute atomic E-state index is 0. The predicted molar refractivity (Wildman–Crippen MR) is 86.4 cm³/mol. The second-order valence-corrected chi connectivity index (χ2v) is 4.38. The van der Waals surface area contributed by atoms with Crippen LogP contribution in [0.4, 0.5) is 10.6 Å². The SMILES string of the molecule is CC.Cc1cnn(C)c1NC(=O)O[C@H](C)c1ccccc1.[HH]. The van der Waals surface area contributed by atoms with Crippen LogP contribution >= 0.6 is 0 Å². The summed E-state index contributed by atoms with van der Waals surface area (Å²) in [5, 5.41) is 6.75. The maximum absolute atomic E-state index is 11.8. The Morgan fingerprint density at radius 3 is 2.48 bits per heavy atom. The molecule has 1 N–H and O–H groups in total. The van der Waals surface area contributed by atoms with Crippen molar-refractivity contribution in [1.29, 1.82) is 0 Å². The molecule has 5 nitrogen and oxygen atoms in total. The number of nitrogens with one attached hydrogen (secondary N) is 1. The Balaban J connectivity index is 0.00000141. The zero-order valence-electron chi connectivity index (χ0n) is 13.3. The number of rotatable bonds is 3. The van der Waals surface area contributed by atoms with Crippen molar-refractivity contribution < 1.29 is 11.0 Å². The third-order valence-electron chi connectivity index (χ3n) is 2.89. The Labute approximate surface area is 127 Å². The molecular formula is C16H25N3O2. The van der Waals surface area contributed by atoms with E-state index in [4.69, 9.17) is 4.74 Å². The summed E-state index contributed by atoms with van der Waals surface area (Å²) in [6, 6.07) is 9.60. The molecule has 1 atom stereocenters. The van der Waals surface area contributed by atoms with Crippen LogP contribution in [-0.4, -0.2) is 15.9 Å². The first-order valence-electron chi connectivity index (χ1n) is 7.09. The van der Waals surface area contributed by atoms with Crippen LogP contribution in [0.2, 0.25) is 0 Å². The number of benzene rings is 1. The summed E-state index contributed by atoms with van der Waals surface area (Å²) < 4.78 is 6.93. The highest BCUT2D eigenvalue weighted by molar-refractivity contribution is 5.84. The van der Waals surface area contributed by atoms with E-state index >= 15 is 0 Å². The maximum atomic E-state index is 11.8. The molecule has 5 heteroatoms. The van der Waals surface area contributed by atoms with Crippen molar-refractivity contribution in [3.05, 3.63) is 47.7 Å². The lowest BCUT2D eigenvalue weighted by Crippen LogP contribution is -2.18. The van der Waals surface area contributed by atoms with Gasteiger partial charge < -0.3 is 4.74 Å². The zero-order valence-corrected chi connectivity index (χ0v) is 13.3. The lowest BCUT2D eigenvalue weighted by molar-refractivity contribution is 0.121. The highest BCUT2D eigenvalue weighted by Crippen LogP contribution is 2.18. The molecule has 2 aromatic rings. The second kappa shape index (κ2) is 8.09. The molecule has 0 unspecified atom stereocenters. The number of aromatic nitrogens is 2. The van der Waals surface area contributed by atoms with E-state index < -0.39 is 6.09 Å². The first kappa shape index (κ1) is 16.8. The molecule has 0 fully saturated rings. The molecule has 0 saturated heterocycles. The number of carbonyl (C=O) groups excluding carboxylic acids is 1. The molecule has 0 radical (unpaired) electrons. The fourth-order valence-corrected chi connectivity index (χ4v) is 1.81. The second-order valence-electron chi connectivity index (χ2n) is 4.38. The molecule has 0 aliphatic rings. The predicted octanol–water partition coefficient (Wildman–Crippen LogP) is 4.31. The Bertz CT molecular complexity index is 551. The third-order valence-corrected chi connectivity index (χ3v) is 2.89. The van der Waals surface area contributed by atoms with Crippen LogP contribution in [0.1, 0.15) is 39.4 Å². The van der Waals surface area contributed by atoms with Gasteiger partial charge in [0.25, 0.3) is 0 Å². The fraction of sp³-hybridized carbons (Fsp3) is 0.375. The number of aryl methyl sites for hydroxylation is 2. The van der Waals surface area contributed by atoms with Gasteiger partial charge in [-0.3, -0.25) is 10.00 Å². The summed E-state index contributed by atoms with van der Waals surface area (Å²) in [7, 11) is 1.77. The van der Waals surface area contributed by atoms with Crippen LogP contribution in [0.3, 0.4) is 0 Å². The van der Waals surface area contributed by atoms with Crippen LogP contribution in [0.25, 0.3) is 0 Å². The molecule has 1 aromatic heterocycles. The fourth-order valence-electron chi connectivity index (χ4n) is 1.81. The third kappa shape index (κ3) is 4.63. The van der Waals surface area contributed by atoms with Crippen molar-refractivity contribution in [2.24, 2.45) is 7.05 Å². The quantitative estimate of drug-likeness (QED) is 0.916. The minimum atomic E-state index is -0.483. The summed E-state index contributed by atoms with van der Waals surface area (Å²) in [4.78, 5) is 11.8. The Kier molecular flexibility index (Phi) is 6.46. The summed E-state index contributed by atoms with van der Waals surface area (Å²) in [6.07, 6.45) is 0.911. The monoisotopic (exact) mass is 291 g/mol. The molecular weight excluding hydrogens is 266 g/mol. The van der Waals surface area contributed by atoms with E-state index in [9.17, 15) is 4.79 Å². The Morgan fingerprint density at radius 1 is 1.33 bits per heavy atom. The van der Waals surface area contributed by atoms with Gasteiger partial charge in [-0.15, -0.1) is 0 Å². The summed E-state index contributed by atoms with van der Waals surface area (Å²) in [5.41, 5.74) is 1.85. The van der Waals surface area contributed by atoms with Crippen LogP contribution in [0, 0.1) is 6.92 Å². The normalized spacial score (nSPS) is 11.1. The lowest BCUT2D eigenvalue weighted by atomic mass is 10.1. The summed E-state index contributed by atoms with van der Waals surface area (Å²) in [6.45, 7) is 7.72. The number of anilines is 1. The van der Waals surface area contributed by atoms with Gasteiger partial charge in [0.1, 0.15) is 11.9 Å². The maximum Gasteiger partial charge on any atom is 0.413 e. The van der Waals surface area contributed by atoms with E-state index in [-0.39, 0.29) is 7.53 Å². The van der Waals surface area contributed by atoms with Gasteiger partial charge in [0.05, 0.1) is 6.20 Å². The van der Waals surface area contributed by atoms with Crippen molar-refractivity contribution in [3.8, 4) is 0 Å². The zero-order chi connectivity index (χ0) is 15.8. The first-order valence-corrected chi connectivity index (χ1v) is 7.09. The van der Waals surface area contributed by atoms with E-state index in [1.807, 2.05) is 58.0 Å². The van der Waals surface area contributed by atoms with Crippen molar-refractivity contribution in [1.82, 2.24) is 9.78 Å². The smallest absolute Gasteiger partial charge is 0.413 e. The van der Waals surface area contributed by atoms with Crippen molar-refractivity contribution >= 4 is 11.9 Å². The first-order chi connectivity index (χ1) is 10.1. The van der Waals surface area contributed by atoms with Gasteiger partial charge in [-0.25, -0.2) is 4.79 Å². The summed E-state index contributed by atoms with van der Waals surface area (Å²) in [5.74, 6) is 0.644. The molecule has 1 heterocycles. The topological polar surface area (TPSA) is 56.2 Å². The molecule has 1 amide bonds. The molecule has 0 spiro atoms. The highest BCUT2D eigenvalue weighted by Gasteiger charge is 2.14. The van der Waals surface area contributed by atoms with Crippen molar-refractivity contribution in [2.75, 3.05) is 5.32 Å². The number of carbonyl (C=O) groups is 1. The average Bonchev–Trinajstić information content (AvgIpc) is 2.82. The largest absolute Gasteiger partial charge is 0.441 e. The average molecular weight is 291 g/mol. The molecule has 116 valence electrons. The van der Waals surface area contributed by atoms with Gasteiger partial charge in [-0.2, -0.15) is 5.10 Å². The Hall–Kier alpha value is -2.30. The summed E-state index contributed by atoms with van der Waals surface area (Å²) >= 11 is 0. The van der Waals surface area contributed by atoms with E-state index in [0.29, 0.717) is 5.82 Å². The van der Waals surface area contributed by atoms with Crippen LogP contribution in [0.15, 0.2) is 36.5 Å². The van der Waals surface area contributed by atoms with E-state index in [1.165, 1.54) is 0 Å².